The van der Waals surface area contributed by atoms with Gasteiger partial charge in [0.15, 0.2) is 0 Å². The minimum Gasteiger partial charge on any atom is -0.832 e. The summed E-state index contributed by atoms with van der Waals surface area (Å²) in [6.45, 7) is 0. The Morgan fingerprint density at radius 3 is 1.00 bits per heavy atom. The first-order chi connectivity index (χ1) is 10.3. The van der Waals surface area contributed by atoms with Crippen LogP contribution < -0.4 is 104 Å². The molecule has 7 nitrogen and oxygen atoms in total. The van der Waals surface area contributed by atoms with Gasteiger partial charge in [-0.1, -0.05) is 60.7 Å². The first kappa shape index (κ1) is 33.0. The van der Waals surface area contributed by atoms with Crippen LogP contribution in [0.3, 0.4) is 0 Å². The molecule has 0 aliphatic heterocycles. The fourth-order valence-corrected chi connectivity index (χ4v) is 1.15. The van der Waals surface area contributed by atoms with Crippen LogP contribution in [-0.2, 0) is 0 Å². The van der Waals surface area contributed by atoms with Crippen LogP contribution in [-0.4, -0.2) is 29.3 Å². The zero-order valence-electron chi connectivity index (χ0n) is 14.3. The van der Waals surface area contributed by atoms with Crippen LogP contribution in [0.25, 0.3) is 0 Å². The Morgan fingerprint density at radius 1 is 0.680 bits per heavy atom. The van der Waals surface area contributed by atoms with Gasteiger partial charge in [0.1, 0.15) is 0 Å². The maximum Gasteiger partial charge on any atom is 1.00 e. The van der Waals surface area contributed by atoms with Crippen molar-refractivity contribution in [1.29, 1.82) is 0 Å². The second kappa shape index (κ2) is 20.6. The van der Waals surface area contributed by atoms with Gasteiger partial charge in [0, 0.05) is 0 Å². The summed E-state index contributed by atoms with van der Waals surface area (Å²) < 4.78 is 0. The maximum atomic E-state index is 10.1. The molecule has 11 heteroatoms. The van der Waals surface area contributed by atoms with E-state index in [2.05, 4.69) is 0 Å². The van der Waals surface area contributed by atoms with Crippen molar-refractivity contribution in [2.24, 2.45) is 0 Å². The molecule has 2 aromatic carbocycles. The average Bonchev–Trinajstić information content (AvgIpc) is 2.49. The molecule has 0 atom stereocenters. The minimum absolute atomic E-state index is 0. The fraction of sp³-hybridized carbons (Fsp3) is 0. The van der Waals surface area contributed by atoms with Gasteiger partial charge in [-0.2, -0.15) is 0 Å². The fourth-order valence-electron chi connectivity index (χ4n) is 1.15. The molecule has 2 aromatic rings. The van der Waals surface area contributed by atoms with Crippen LogP contribution in [0, 0.1) is 0 Å². The van der Waals surface area contributed by atoms with Crippen LogP contribution in [0.5, 0.6) is 0 Å². The third kappa shape index (κ3) is 20.5. The molecule has 2 N–H and O–H groups in total. The molecule has 0 unspecified atom stereocenters. The molecule has 0 aliphatic rings. The number of rotatable bonds is 2. The summed E-state index contributed by atoms with van der Waals surface area (Å²) in [5.41, 5.74) is 0.440. The SMILES string of the molecule is O=C([O-])c1ccccc1.O=C([O-])c1ccccc1.[Na+].[Na+].[Na+].[O-]B(O)O. The van der Waals surface area contributed by atoms with E-state index in [4.69, 9.17) is 15.1 Å². The van der Waals surface area contributed by atoms with Gasteiger partial charge in [0.05, 0.1) is 11.9 Å². The second-order valence-electron chi connectivity index (χ2n) is 3.63. The van der Waals surface area contributed by atoms with Crippen LogP contribution in [0.15, 0.2) is 60.7 Å². The summed E-state index contributed by atoms with van der Waals surface area (Å²) in [6, 6.07) is 16.1. The van der Waals surface area contributed by atoms with Crippen molar-refractivity contribution in [2.45, 2.75) is 0 Å². The van der Waals surface area contributed by atoms with E-state index in [1.807, 2.05) is 0 Å². The smallest absolute Gasteiger partial charge is 0.832 e. The number of aromatic carboxylic acids is 2. The molecule has 0 spiro atoms. The molecule has 0 saturated heterocycles. The Kier molecular flexibility index (Phi) is 27.2. The summed E-state index contributed by atoms with van der Waals surface area (Å²) in [6.07, 6.45) is 0. The summed E-state index contributed by atoms with van der Waals surface area (Å²) in [5, 5.41) is 42.9. The number of hydrogen-bond acceptors (Lipinski definition) is 7. The van der Waals surface area contributed by atoms with Gasteiger partial charge in [-0.25, -0.2) is 0 Å². The molecule has 0 bridgehead atoms. The monoisotopic (exact) mass is 372 g/mol. The molecule has 0 aliphatic carbocycles. The molecule has 0 amide bonds. The maximum absolute atomic E-state index is 10.1. The Labute approximate surface area is 212 Å². The average molecular weight is 372 g/mol. The van der Waals surface area contributed by atoms with Gasteiger partial charge >= 0.3 is 96.0 Å². The number of carboxylic acid groups (broad SMARTS) is 2. The number of benzene rings is 2. The zero-order valence-corrected chi connectivity index (χ0v) is 20.3. The third-order valence-electron chi connectivity index (χ3n) is 2.02. The van der Waals surface area contributed by atoms with Crippen molar-refractivity contribution in [3.05, 3.63) is 71.8 Å². The Morgan fingerprint density at radius 2 is 0.880 bits per heavy atom. The number of carboxylic acids is 2. The molecule has 0 fully saturated rings. The molecule has 0 heterocycles. The summed E-state index contributed by atoms with van der Waals surface area (Å²) in [7, 11) is -2.42. The molecule has 116 valence electrons. The van der Waals surface area contributed by atoms with E-state index < -0.39 is 19.3 Å². The van der Waals surface area contributed by atoms with Crippen LogP contribution in [0.1, 0.15) is 20.7 Å². The van der Waals surface area contributed by atoms with Gasteiger partial charge in [0.25, 0.3) is 0 Å². The standard InChI is InChI=1S/2C7H6O2.BH2O3.3Na/c2*8-7(9)6-4-2-1-3-5-6;2-1(3)4;;;/h2*1-5H,(H,8,9);2-3H;;;/q;;-1;3*+1/p-2. The summed E-state index contributed by atoms with van der Waals surface area (Å²) in [5.74, 6) is -2.26. The number of hydrogen-bond donors (Lipinski definition) is 2. The van der Waals surface area contributed by atoms with E-state index in [-0.39, 0.29) is 99.8 Å². The van der Waals surface area contributed by atoms with E-state index in [9.17, 15) is 19.8 Å². The van der Waals surface area contributed by atoms with Crippen molar-refractivity contribution in [3.8, 4) is 0 Å². The van der Waals surface area contributed by atoms with Crippen molar-refractivity contribution in [2.75, 3.05) is 0 Å². The van der Waals surface area contributed by atoms with Crippen molar-refractivity contribution >= 4 is 19.3 Å². The number of carbonyl (C=O) groups is 2. The molecular formula is C14H12BNa3O7. The normalized spacial score (nSPS) is 7.48. The van der Waals surface area contributed by atoms with Crippen LogP contribution in [0.4, 0.5) is 0 Å². The van der Waals surface area contributed by atoms with Gasteiger partial charge in [-0.3, -0.25) is 0 Å². The van der Waals surface area contributed by atoms with E-state index in [0.717, 1.165) is 0 Å². The largest absolute Gasteiger partial charge is 1.00 e. The van der Waals surface area contributed by atoms with Crippen molar-refractivity contribution < 1.29 is 124 Å². The number of carbonyl (C=O) groups excluding carboxylic acids is 2. The summed E-state index contributed by atoms with van der Waals surface area (Å²) >= 11 is 0. The molecule has 0 aromatic heterocycles. The predicted octanol–water partition coefficient (Wildman–Crippen LogP) is -11.6. The van der Waals surface area contributed by atoms with Gasteiger partial charge in [0.2, 0.25) is 0 Å². The van der Waals surface area contributed by atoms with E-state index in [0.29, 0.717) is 0 Å². The Bertz CT molecular complexity index is 519. The molecule has 0 radical (unpaired) electrons. The quantitative estimate of drug-likeness (QED) is 0.498. The second-order valence-corrected chi connectivity index (χ2v) is 3.63. The first-order valence-electron chi connectivity index (χ1n) is 5.89. The third-order valence-corrected chi connectivity index (χ3v) is 2.02. The Balaban J connectivity index is -0.000000133. The van der Waals surface area contributed by atoms with Gasteiger partial charge in [-0.05, 0) is 11.1 Å². The van der Waals surface area contributed by atoms with E-state index in [1.54, 1.807) is 36.4 Å². The van der Waals surface area contributed by atoms with Crippen LogP contribution >= 0.6 is 0 Å². The zero-order chi connectivity index (χ0) is 17.0. The minimum atomic E-state index is -2.42. The molecule has 25 heavy (non-hydrogen) atoms. The topological polar surface area (TPSA) is 144 Å². The van der Waals surface area contributed by atoms with Crippen molar-refractivity contribution in [1.82, 2.24) is 0 Å². The predicted molar refractivity (Wildman–Crippen MR) is 71.7 cm³/mol. The van der Waals surface area contributed by atoms with Crippen molar-refractivity contribution in [3.63, 3.8) is 0 Å². The molecule has 2 rings (SSSR count). The Hall–Kier alpha value is 0.325. The van der Waals surface area contributed by atoms with Crippen LogP contribution in [0.2, 0.25) is 0 Å². The van der Waals surface area contributed by atoms with E-state index >= 15 is 0 Å². The first-order valence-corrected chi connectivity index (χ1v) is 5.89. The van der Waals surface area contributed by atoms with E-state index in [1.165, 1.54) is 24.3 Å². The molecule has 0 saturated carbocycles. The summed E-state index contributed by atoms with van der Waals surface area (Å²) in [4.78, 5) is 20.2. The molecular weight excluding hydrogens is 360 g/mol. The van der Waals surface area contributed by atoms with Gasteiger partial charge < -0.3 is 34.9 Å². The van der Waals surface area contributed by atoms with Gasteiger partial charge in [-0.15, -0.1) is 0 Å².